The number of hydrogen-bond donors (Lipinski definition) is 3. The number of halogens is 3. The SMILES string of the molecule is COc1ncncc1S(=O)(=O)Cc1ccc(F)c(-c2ccc3c(C(=O)NCCCO)[nH]nc3c2F)c1F. The lowest BCUT2D eigenvalue weighted by Gasteiger charge is -2.12. The lowest BCUT2D eigenvalue weighted by molar-refractivity contribution is 0.0947. The summed E-state index contributed by atoms with van der Waals surface area (Å²) in [5.74, 6) is -5.28. The van der Waals surface area contributed by atoms with Gasteiger partial charge in [0, 0.05) is 29.7 Å². The first-order chi connectivity index (χ1) is 17.7. The van der Waals surface area contributed by atoms with Crippen molar-refractivity contribution in [2.24, 2.45) is 0 Å². The summed E-state index contributed by atoms with van der Waals surface area (Å²) in [4.78, 5) is 19.3. The number of sulfone groups is 1. The molecule has 0 aliphatic heterocycles. The monoisotopic (exact) mass is 535 g/mol. The van der Waals surface area contributed by atoms with Crippen molar-refractivity contribution in [2.75, 3.05) is 20.3 Å². The van der Waals surface area contributed by atoms with Crippen LogP contribution in [0.3, 0.4) is 0 Å². The predicted molar refractivity (Wildman–Crippen MR) is 125 cm³/mol. The molecule has 10 nitrogen and oxygen atoms in total. The second-order valence-electron chi connectivity index (χ2n) is 7.81. The summed E-state index contributed by atoms with van der Waals surface area (Å²) >= 11 is 0. The highest BCUT2D eigenvalue weighted by Gasteiger charge is 2.27. The highest BCUT2D eigenvalue weighted by molar-refractivity contribution is 7.90. The summed E-state index contributed by atoms with van der Waals surface area (Å²) in [5, 5.41) is 17.6. The molecule has 2 heterocycles. The van der Waals surface area contributed by atoms with Crippen LogP contribution in [0, 0.1) is 17.5 Å². The molecule has 0 aliphatic carbocycles. The molecule has 0 saturated carbocycles. The zero-order valence-electron chi connectivity index (χ0n) is 19.3. The van der Waals surface area contributed by atoms with Crippen LogP contribution >= 0.6 is 0 Å². The first-order valence-electron chi connectivity index (χ1n) is 10.8. The van der Waals surface area contributed by atoms with E-state index in [9.17, 15) is 17.6 Å². The van der Waals surface area contributed by atoms with Crippen molar-refractivity contribution in [3.8, 4) is 17.0 Å². The van der Waals surface area contributed by atoms with Crippen LogP contribution in [0.5, 0.6) is 5.88 Å². The molecule has 4 rings (SSSR count). The van der Waals surface area contributed by atoms with E-state index in [2.05, 4.69) is 25.5 Å². The molecule has 2 aromatic heterocycles. The number of carbonyl (C=O) groups is 1. The van der Waals surface area contributed by atoms with Gasteiger partial charge in [0.05, 0.1) is 24.6 Å². The zero-order valence-corrected chi connectivity index (χ0v) is 20.1. The van der Waals surface area contributed by atoms with Crippen molar-refractivity contribution >= 4 is 26.6 Å². The van der Waals surface area contributed by atoms with Crippen LogP contribution in [0.1, 0.15) is 22.5 Å². The molecule has 4 aromatic rings. The first kappa shape index (κ1) is 26.0. The molecule has 3 N–H and O–H groups in total. The van der Waals surface area contributed by atoms with Crippen LogP contribution < -0.4 is 10.1 Å². The van der Waals surface area contributed by atoms with E-state index in [1.165, 1.54) is 13.2 Å². The Labute approximate surface area is 208 Å². The van der Waals surface area contributed by atoms with Gasteiger partial charge < -0.3 is 15.2 Å². The fraction of sp³-hybridized carbons (Fsp3) is 0.217. The molecule has 0 spiro atoms. The second kappa shape index (κ2) is 10.5. The third-order valence-corrected chi connectivity index (χ3v) is 7.11. The van der Waals surface area contributed by atoms with Crippen molar-refractivity contribution in [1.82, 2.24) is 25.5 Å². The summed E-state index contributed by atoms with van der Waals surface area (Å²) < 4.78 is 76.4. The lowest BCUT2D eigenvalue weighted by atomic mass is 9.99. The highest BCUT2D eigenvalue weighted by atomic mass is 32.2. The number of ether oxygens (including phenoxy) is 1. The van der Waals surface area contributed by atoms with E-state index >= 15 is 8.78 Å². The first-order valence-corrected chi connectivity index (χ1v) is 12.4. The van der Waals surface area contributed by atoms with Crippen LogP contribution in [-0.2, 0) is 15.6 Å². The number of aromatic nitrogens is 4. The number of carbonyl (C=O) groups excluding carboxylic acids is 1. The number of fused-ring (bicyclic) bond motifs is 1. The van der Waals surface area contributed by atoms with Crippen molar-refractivity contribution in [1.29, 1.82) is 0 Å². The molecule has 0 aliphatic rings. The molecule has 194 valence electrons. The van der Waals surface area contributed by atoms with E-state index in [1.807, 2.05) is 0 Å². The molecule has 14 heteroatoms. The van der Waals surface area contributed by atoms with Gasteiger partial charge in [-0.3, -0.25) is 9.89 Å². The zero-order chi connectivity index (χ0) is 26.7. The van der Waals surface area contributed by atoms with Gasteiger partial charge in [-0.05, 0) is 18.6 Å². The molecule has 2 aromatic carbocycles. The molecule has 0 fully saturated rings. The summed E-state index contributed by atoms with van der Waals surface area (Å²) in [6.07, 6.45) is 2.38. The quantitative estimate of drug-likeness (QED) is 0.277. The number of nitrogens with one attached hydrogen (secondary N) is 2. The van der Waals surface area contributed by atoms with E-state index in [0.29, 0.717) is 6.42 Å². The number of methoxy groups -OCH3 is 1. The number of hydrogen-bond acceptors (Lipinski definition) is 8. The Bertz CT molecular complexity index is 1590. The molecule has 1 amide bonds. The Morgan fingerprint density at radius 1 is 1.16 bits per heavy atom. The number of aliphatic hydroxyl groups is 1. The number of nitrogens with zero attached hydrogens (tertiary/aromatic N) is 3. The number of rotatable bonds is 9. The van der Waals surface area contributed by atoms with Crippen LogP contribution in [0.15, 0.2) is 41.7 Å². The topological polar surface area (TPSA) is 147 Å². The van der Waals surface area contributed by atoms with Crippen LogP contribution in [0.4, 0.5) is 13.2 Å². The fourth-order valence-corrected chi connectivity index (χ4v) is 5.10. The molecule has 0 radical (unpaired) electrons. The Morgan fingerprint density at radius 2 is 1.95 bits per heavy atom. The van der Waals surface area contributed by atoms with Crippen molar-refractivity contribution in [3.63, 3.8) is 0 Å². The molecule has 0 unspecified atom stereocenters. The van der Waals surface area contributed by atoms with E-state index in [0.717, 1.165) is 30.7 Å². The number of amides is 1. The molecule has 0 atom stereocenters. The van der Waals surface area contributed by atoms with E-state index in [-0.39, 0.29) is 35.6 Å². The minimum atomic E-state index is -4.23. The van der Waals surface area contributed by atoms with Gasteiger partial charge in [0.1, 0.15) is 34.1 Å². The molecule has 37 heavy (non-hydrogen) atoms. The molecule has 0 bridgehead atoms. The van der Waals surface area contributed by atoms with E-state index in [1.54, 1.807) is 0 Å². The standard InChI is InChI=1S/C23H20F3N5O5S/c1-36-23-16(9-27-11-29-23)37(34,35)10-12-3-6-15(24)17(18(12)25)13-4-5-14-20(19(13)26)30-31-21(14)22(33)28-7-2-8-32/h3-6,9,11,32H,2,7-8,10H2,1H3,(H,28,33)(H,30,31). The van der Waals surface area contributed by atoms with Gasteiger partial charge in [-0.15, -0.1) is 0 Å². The summed E-state index contributed by atoms with van der Waals surface area (Å²) in [7, 11) is -3.03. The Balaban J connectivity index is 1.74. The van der Waals surface area contributed by atoms with Gasteiger partial charge in [0.25, 0.3) is 5.91 Å². The normalized spacial score (nSPS) is 11.6. The van der Waals surface area contributed by atoms with Crippen molar-refractivity contribution in [2.45, 2.75) is 17.1 Å². The maximum atomic E-state index is 15.5. The number of aliphatic hydroxyl groups excluding tert-OH is 1. The maximum absolute atomic E-state index is 15.5. The number of benzene rings is 2. The molecular formula is C23H20F3N5O5S. The van der Waals surface area contributed by atoms with Gasteiger partial charge in [0.15, 0.2) is 15.7 Å². The van der Waals surface area contributed by atoms with Crippen LogP contribution in [0.2, 0.25) is 0 Å². The minimum absolute atomic E-state index is 0.0680. The Kier molecular flexibility index (Phi) is 7.40. The average Bonchev–Trinajstić information content (AvgIpc) is 3.32. The smallest absolute Gasteiger partial charge is 0.269 e. The third-order valence-electron chi connectivity index (χ3n) is 5.47. The van der Waals surface area contributed by atoms with E-state index in [4.69, 9.17) is 9.84 Å². The van der Waals surface area contributed by atoms with Crippen molar-refractivity contribution in [3.05, 3.63) is 65.5 Å². The minimum Gasteiger partial charge on any atom is -0.480 e. The van der Waals surface area contributed by atoms with Gasteiger partial charge in [0.2, 0.25) is 5.88 Å². The summed E-state index contributed by atoms with van der Waals surface area (Å²) in [5.41, 5.74) is -2.14. The highest BCUT2D eigenvalue weighted by Crippen LogP contribution is 2.35. The Morgan fingerprint density at radius 3 is 2.68 bits per heavy atom. The maximum Gasteiger partial charge on any atom is 0.269 e. The van der Waals surface area contributed by atoms with E-state index < -0.39 is 60.5 Å². The van der Waals surface area contributed by atoms with Crippen molar-refractivity contribution < 1.29 is 36.2 Å². The van der Waals surface area contributed by atoms with Gasteiger partial charge in [-0.2, -0.15) is 5.10 Å². The third kappa shape index (κ3) is 4.97. The van der Waals surface area contributed by atoms with Gasteiger partial charge >= 0.3 is 0 Å². The predicted octanol–water partition coefficient (Wildman–Crippen LogP) is 2.53. The summed E-state index contributed by atoms with van der Waals surface area (Å²) in [6, 6.07) is 4.12. The van der Waals surface area contributed by atoms with Crippen LogP contribution in [-0.4, -0.2) is 59.9 Å². The van der Waals surface area contributed by atoms with Gasteiger partial charge in [-0.1, -0.05) is 12.1 Å². The van der Waals surface area contributed by atoms with Gasteiger partial charge in [-0.25, -0.2) is 31.6 Å². The lowest BCUT2D eigenvalue weighted by Crippen LogP contribution is -2.25. The Hall–Kier alpha value is -4.04. The fourth-order valence-electron chi connectivity index (χ4n) is 3.69. The molecule has 0 saturated heterocycles. The number of H-pyrrole nitrogens is 1. The second-order valence-corrected chi connectivity index (χ2v) is 9.76. The van der Waals surface area contributed by atoms with Crippen LogP contribution in [0.25, 0.3) is 22.0 Å². The molecular weight excluding hydrogens is 515 g/mol. The number of aromatic amines is 1. The average molecular weight is 536 g/mol. The summed E-state index contributed by atoms with van der Waals surface area (Å²) in [6.45, 7) is 0.0374. The largest absolute Gasteiger partial charge is 0.480 e.